The molecule has 1 fully saturated rings. The van der Waals surface area contributed by atoms with Gasteiger partial charge >= 0.3 is 0 Å². The molecule has 23 heavy (non-hydrogen) atoms. The van der Waals surface area contributed by atoms with Gasteiger partial charge in [0.05, 0.1) is 12.2 Å². The summed E-state index contributed by atoms with van der Waals surface area (Å²) in [5, 5.41) is 2.55. The Bertz CT molecular complexity index is 843. The van der Waals surface area contributed by atoms with Gasteiger partial charge in [-0.3, -0.25) is 9.20 Å². The third-order valence-electron chi connectivity index (χ3n) is 4.02. The van der Waals surface area contributed by atoms with Crippen LogP contribution in [0.4, 0.5) is 0 Å². The van der Waals surface area contributed by atoms with Crippen molar-refractivity contribution in [1.29, 1.82) is 0 Å². The third kappa shape index (κ3) is 2.57. The van der Waals surface area contributed by atoms with Crippen molar-refractivity contribution in [2.24, 2.45) is 0 Å². The summed E-state index contributed by atoms with van der Waals surface area (Å²) < 4.78 is 7.68. The largest absolute Gasteiger partial charge is 0.465 e. The van der Waals surface area contributed by atoms with Crippen molar-refractivity contribution in [2.75, 3.05) is 13.1 Å². The highest BCUT2D eigenvalue weighted by Crippen LogP contribution is 2.22. The minimum absolute atomic E-state index is 0.00425. The molecular weight excluding hydrogens is 312 g/mol. The Morgan fingerprint density at radius 3 is 3.17 bits per heavy atom. The molecule has 1 aliphatic heterocycles. The van der Waals surface area contributed by atoms with Gasteiger partial charge in [0.1, 0.15) is 17.4 Å². The van der Waals surface area contributed by atoms with E-state index >= 15 is 0 Å². The van der Waals surface area contributed by atoms with Crippen molar-refractivity contribution < 1.29 is 9.53 Å². The van der Waals surface area contributed by atoms with E-state index in [0.29, 0.717) is 24.0 Å². The van der Waals surface area contributed by atoms with Crippen LogP contribution in [0.25, 0.3) is 5.65 Å². The van der Waals surface area contributed by atoms with E-state index in [-0.39, 0.29) is 12.0 Å². The summed E-state index contributed by atoms with van der Waals surface area (Å²) in [6.45, 7) is 3.14. The van der Waals surface area contributed by atoms with Crippen molar-refractivity contribution in [2.45, 2.75) is 19.4 Å². The number of amides is 1. The van der Waals surface area contributed by atoms with Crippen LogP contribution >= 0.6 is 11.3 Å². The molecule has 1 atom stereocenters. The van der Waals surface area contributed by atoms with E-state index in [9.17, 15) is 4.79 Å². The number of likely N-dealkylation sites (tertiary alicyclic amines) is 1. The van der Waals surface area contributed by atoms with Gasteiger partial charge in [-0.05, 0) is 19.1 Å². The lowest BCUT2D eigenvalue weighted by Gasteiger charge is -2.16. The smallest absolute Gasteiger partial charge is 0.273 e. The number of carbonyl (C=O) groups is 1. The summed E-state index contributed by atoms with van der Waals surface area (Å²) in [7, 11) is 0. The van der Waals surface area contributed by atoms with Gasteiger partial charge in [0.2, 0.25) is 0 Å². The van der Waals surface area contributed by atoms with Crippen molar-refractivity contribution in [3.8, 4) is 5.19 Å². The molecule has 4 heterocycles. The normalized spacial score (nSPS) is 17.8. The highest BCUT2D eigenvalue weighted by Gasteiger charge is 2.31. The quantitative estimate of drug-likeness (QED) is 0.741. The van der Waals surface area contributed by atoms with E-state index in [1.807, 2.05) is 46.0 Å². The molecule has 0 radical (unpaired) electrons. The molecule has 1 unspecified atom stereocenters. The number of pyridine rings is 1. The molecule has 4 rings (SSSR count). The zero-order valence-corrected chi connectivity index (χ0v) is 13.5. The Morgan fingerprint density at radius 1 is 1.43 bits per heavy atom. The first-order valence-corrected chi connectivity index (χ1v) is 8.39. The summed E-state index contributed by atoms with van der Waals surface area (Å²) in [5.41, 5.74) is 2.18. The van der Waals surface area contributed by atoms with Gasteiger partial charge in [-0.15, -0.1) is 0 Å². The van der Waals surface area contributed by atoms with Gasteiger partial charge in [0, 0.05) is 30.7 Å². The van der Waals surface area contributed by atoms with Gasteiger partial charge < -0.3 is 9.64 Å². The Labute approximate surface area is 137 Å². The minimum atomic E-state index is 0.00425. The summed E-state index contributed by atoms with van der Waals surface area (Å²) in [4.78, 5) is 23.3. The van der Waals surface area contributed by atoms with Crippen LogP contribution in [0.5, 0.6) is 5.19 Å². The van der Waals surface area contributed by atoms with E-state index in [1.165, 1.54) is 11.3 Å². The molecule has 3 aromatic rings. The number of aromatic nitrogens is 3. The molecule has 1 saturated heterocycles. The summed E-state index contributed by atoms with van der Waals surface area (Å²) in [6, 6.07) is 5.73. The van der Waals surface area contributed by atoms with Gasteiger partial charge in [-0.25, -0.2) is 9.97 Å². The first-order valence-electron chi connectivity index (χ1n) is 7.51. The Balaban J connectivity index is 1.54. The van der Waals surface area contributed by atoms with Gasteiger partial charge in [-0.1, -0.05) is 17.4 Å². The van der Waals surface area contributed by atoms with Crippen LogP contribution in [-0.4, -0.2) is 44.4 Å². The number of aryl methyl sites for hydroxylation is 1. The molecular formula is C16H16N4O2S. The summed E-state index contributed by atoms with van der Waals surface area (Å²) in [6.07, 6.45) is 4.42. The van der Waals surface area contributed by atoms with E-state index < -0.39 is 0 Å². The molecule has 118 valence electrons. The number of fused-ring (bicyclic) bond motifs is 1. The predicted molar refractivity (Wildman–Crippen MR) is 87.0 cm³/mol. The maximum Gasteiger partial charge on any atom is 0.273 e. The monoisotopic (exact) mass is 328 g/mol. The SMILES string of the molecule is Cc1nc2ccccn2c1C(=O)N1CCC(Oc2nccs2)C1. The average molecular weight is 328 g/mol. The maximum absolute atomic E-state index is 12.9. The van der Waals surface area contributed by atoms with E-state index in [1.54, 1.807) is 6.20 Å². The molecule has 0 aliphatic carbocycles. The lowest BCUT2D eigenvalue weighted by atomic mass is 10.3. The van der Waals surface area contributed by atoms with Crippen molar-refractivity contribution in [3.05, 3.63) is 47.4 Å². The van der Waals surface area contributed by atoms with E-state index in [2.05, 4.69) is 9.97 Å². The summed E-state index contributed by atoms with van der Waals surface area (Å²) >= 11 is 1.47. The summed E-state index contributed by atoms with van der Waals surface area (Å²) in [5.74, 6) is 0.00596. The fourth-order valence-electron chi connectivity index (χ4n) is 2.94. The van der Waals surface area contributed by atoms with Crippen LogP contribution in [0.15, 0.2) is 36.0 Å². The number of carbonyl (C=O) groups excluding carboxylic acids is 1. The molecule has 1 aliphatic rings. The lowest BCUT2D eigenvalue weighted by molar-refractivity contribution is 0.0764. The fourth-order valence-corrected chi connectivity index (χ4v) is 3.49. The molecule has 0 bridgehead atoms. The maximum atomic E-state index is 12.9. The molecule has 0 spiro atoms. The Morgan fingerprint density at radius 2 is 2.35 bits per heavy atom. The Kier molecular flexibility index (Phi) is 3.49. The van der Waals surface area contributed by atoms with Gasteiger partial charge in [-0.2, -0.15) is 0 Å². The van der Waals surface area contributed by atoms with Crippen LogP contribution in [0, 0.1) is 6.92 Å². The molecule has 0 N–H and O–H groups in total. The zero-order chi connectivity index (χ0) is 15.8. The molecule has 0 saturated carbocycles. The first-order chi connectivity index (χ1) is 11.2. The second-order valence-corrected chi connectivity index (χ2v) is 6.41. The third-order valence-corrected chi connectivity index (χ3v) is 4.68. The average Bonchev–Trinajstić information content (AvgIpc) is 3.26. The standard InChI is InChI=1S/C16H16N4O2S/c1-11-14(20-7-3-2-4-13(20)18-11)15(21)19-8-5-12(10-19)22-16-17-6-9-23-16/h2-4,6-7,9,12H,5,8,10H2,1H3. The van der Waals surface area contributed by atoms with E-state index in [0.717, 1.165) is 17.8 Å². The molecule has 6 nitrogen and oxygen atoms in total. The molecule has 1 amide bonds. The number of hydrogen-bond donors (Lipinski definition) is 0. The Hall–Kier alpha value is -2.41. The van der Waals surface area contributed by atoms with Crippen LogP contribution in [-0.2, 0) is 0 Å². The number of hydrogen-bond acceptors (Lipinski definition) is 5. The molecule has 0 aromatic carbocycles. The second-order valence-electron chi connectivity index (χ2n) is 5.55. The lowest BCUT2D eigenvalue weighted by Crippen LogP contribution is -2.32. The number of thiazole rings is 1. The van der Waals surface area contributed by atoms with Crippen LogP contribution in [0.3, 0.4) is 0 Å². The number of ether oxygens (including phenoxy) is 1. The second kappa shape index (κ2) is 5.66. The minimum Gasteiger partial charge on any atom is -0.465 e. The highest BCUT2D eigenvalue weighted by molar-refractivity contribution is 7.11. The van der Waals surface area contributed by atoms with Crippen molar-refractivity contribution >= 4 is 22.9 Å². The predicted octanol–water partition coefficient (Wildman–Crippen LogP) is 2.39. The van der Waals surface area contributed by atoms with Crippen molar-refractivity contribution in [1.82, 2.24) is 19.3 Å². The van der Waals surface area contributed by atoms with Crippen LogP contribution in [0.1, 0.15) is 22.6 Å². The van der Waals surface area contributed by atoms with Gasteiger partial charge in [0.15, 0.2) is 0 Å². The van der Waals surface area contributed by atoms with E-state index in [4.69, 9.17) is 4.74 Å². The number of nitrogens with zero attached hydrogens (tertiary/aromatic N) is 4. The highest BCUT2D eigenvalue weighted by atomic mass is 32.1. The van der Waals surface area contributed by atoms with Crippen LogP contribution in [0.2, 0.25) is 0 Å². The number of imidazole rings is 1. The van der Waals surface area contributed by atoms with Crippen LogP contribution < -0.4 is 4.74 Å². The van der Waals surface area contributed by atoms with Gasteiger partial charge in [0.25, 0.3) is 11.1 Å². The fraction of sp³-hybridized carbons (Fsp3) is 0.312. The van der Waals surface area contributed by atoms with Crippen molar-refractivity contribution in [3.63, 3.8) is 0 Å². The number of rotatable bonds is 3. The molecule has 7 heteroatoms. The molecule has 3 aromatic heterocycles. The topological polar surface area (TPSA) is 59.7 Å². The zero-order valence-electron chi connectivity index (χ0n) is 12.7. The first kappa shape index (κ1) is 14.2.